The van der Waals surface area contributed by atoms with Gasteiger partial charge in [-0.1, -0.05) is 73.2 Å². The zero-order valence-electron chi connectivity index (χ0n) is 17.6. The van der Waals surface area contributed by atoms with Crippen molar-refractivity contribution in [2.24, 2.45) is 0 Å². The maximum Gasteiger partial charge on any atom is 0.113 e. The molecule has 0 heterocycles. The summed E-state index contributed by atoms with van der Waals surface area (Å²) in [6, 6.07) is 24.9. The Morgan fingerprint density at radius 1 is 0.833 bits per heavy atom. The molecule has 2 atom stereocenters. The van der Waals surface area contributed by atoms with Gasteiger partial charge in [0.05, 0.1) is 0 Å². The highest BCUT2D eigenvalue weighted by Crippen LogP contribution is 2.50. The summed E-state index contributed by atoms with van der Waals surface area (Å²) in [7, 11) is 6.14. The van der Waals surface area contributed by atoms with Gasteiger partial charge in [-0.25, -0.2) is 0 Å². The maximum absolute atomic E-state index is 6.36. The molecule has 2 radical (unpaired) electrons. The molecular formula is C26H27BClNS. The second-order valence-corrected chi connectivity index (χ2v) is 10.2. The van der Waals surface area contributed by atoms with Crippen LogP contribution in [0, 0.1) is 0 Å². The number of halogens is 1. The third-order valence-corrected chi connectivity index (χ3v) is 7.63. The predicted molar refractivity (Wildman–Crippen MR) is 135 cm³/mol. The van der Waals surface area contributed by atoms with Crippen molar-refractivity contribution in [2.45, 2.75) is 49.7 Å². The Kier molecular flexibility index (Phi) is 5.96. The molecule has 1 aliphatic rings. The first-order valence-corrected chi connectivity index (χ1v) is 11.4. The summed E-state index contributed by atoms with van der Waals surface area (Å²) < 4.78 is -0.0397. The van der Waals surface area contributed by atoms with Crippen LogP contribution in [0.15, 0.2) is 72.8 Å². The van der Waals surface area contributed by atoms with Crippen LogP contribution in [0.3, 0.4) is 0 Å². The van der Waals surface area contributed by atoms with E-state index in [0.717, 1.165) is 29.9 Å². The Labute approximate surface area is 192 Å². The van der Waals surface area contributed by atoms with Crippen LogP contribution in [0.4, 0.5) is 17.1 Å². The first-order valence-electron chi connectivity index (χ1n) is 10.5. The van der Waals surface area contributed by atoms with E-state index >= 15 is 0 Å². The molecule has 4 heteroatoms. The fourth-order valence-electron chi connectivity index (χ4n) is 4.69. The van der Waals surface area contributed by atoms with Crippen LogP contribution < -0.4 is 10.4 Å². The molecule has 3 aromatic rings. The number of rotatable bonds is 4. The molecule has 1 aliphatic carbocycles. The van der Waals surface area contributed by atoms with Crippen molar-refractivity contribution in [2.75, 3.05) is 4.90 Å². The lowest BCUT2D eigenvalue weighted by atomic mass is 9.64. The Balaban J connectivity index is 1.86. The number of para-hydroxylation sites is 1. The van der Waals surface area contributed by atoms with Gasteiger partial charge >= 0.3 is 0 Å². The predicted octanol–water partition coefficient (Wildman–Crippen LogP) is 7.12. The van der Waals surface area contributed by atoms with Gasteiger partial charge in [0.25, 0.3) is 0 Å². The SMILES string of the molecule is [B]c1cc(Cl)cc(N(c2ccccc2)c2cccc(C3(C)CCCCC3(C)S)c2)c1. The van der Waals surface area contributed by atoms with Gasteiger partial charge in [0, 0.05) is 32.2 Å². The van der Waals surface area contributed by atoms with Gasteiger partial charge < -0.3 is 4.90 Å². The summed E-state index contributed by atoms with van der Waals surface area (Å²) in [6.45, 7) is 4.65. The Bertz CT molecular complexity index is 1020. The quantitative estimate of drug-likeness (QED) is 0.340. The first kappa shape index (κ1) is 21.4. The van der Waals surface area contributed by atoms with Crippen LogP contribution in [0.5, 0.6) is 0 Å². The molecular weight excluding hydrogens is 405 g/mol. The summed E-state index contributed by atoms with van der Waals surface area (Å²) in [6.07, 6.45) is 4.76. The fourth-order valence-corrected chi connectivity index (χ4v) is 5.32. The molecule has 0 bridgehead atoms. The normalized spacial score (nSPS) is 23.9. The van der Waals surface area contributed by atoms with Crippen molar-refractivity contribution < 1.29 is 0 Å². The average Bonchev–Trinajstić information content (AvgIpc) is 2.71. The first-order chi connectivity index (χ1) is 14.3. The monoisotopic (exact) mass is 431 g/mol. The van der Waals surface area contributed by atoms with Gasteiger partial charge in [-0.3, -0.25) is 0 Å². The molecule has 3 aromatic carbocycles. The molecule has 0 aromatic heterocycles. The van der Waals surface area contributed by atoms with Gasteiger partial charge in [-0.05, 0) is 61.7 Å². The largest absolute Gasteiger partial charge is 0.310 e. The highest BCUT2D eigenvalue weighted by Gasteiger charge is 2.45. The zero-order chi connectivity index (χ0) is 21.4. The number of nitrogens with zero attached hydrogens (tertiary/aromatic N) is 1. The van der Waals surface area contributed by atoms with Crippen LogP contribution in [0.25, 0.3) is 0 Å². The van der Waals surface area contributed by atoms with Crippen LogP contribution in [0.1, 0.15) is 45.1 Å². The summed E-state index contributed by atoms with van der Waals surface area (Å²) >= 11 is 11.5. The Hall–Kier alpha value is -1.84. The molecule has 1 nitrogen and oxygen atoms in total. The smallest absolute Gasteiger partial charge is 0.113 e. The Morgan fingerprint density at radius 2 is 1.53 bits per heavy atom. The molecule has 2 unspecified atom stereocenters. The molecule has 0 spiro atoms. The van der Waals surface area contributed by atoms with E-state index in [0.29, 0.717) is 10.5 Å². The van der Waals surface area contributed by atoms with E-state index in [1.807, 2.05) is 30.3 Å². The second-order valence-electron chi connectivity index (χ2n) is 8.78. The van der Waals surface area contributed by atoms with Crippen molar-refractivity contribution in [3.8, 4) is 0 Å². The number of anilines is 3. The number of benzene rings is 3. The molecule has 30 heavy (non-hydrogen) atoms. The highest BCUT2D eigenvalue weighted by atomic mass is 35.5. The topological polar surface area (TPSA) is 3.24 Å². The molecule has 1 saturated carbocycles. The zero-order valence-corrected chi connectivity index (χ0v) is 19.3. The second kappa shape index (κ2) is 8.36. The van der Waals surface area contributed by atoms with E-state index in [4.69, 9.17) is 32.1 Å². The minimum Gasteiger partial charge on any atom is -0.310 e. The van der Waals surface area contributed by atoms with Gasteiger partial charge in [0.2, 0.25) is 0 Å². The van der Waals surface area contributed by atoms with Crippen LogP contribution in [-0.4, -0.2) is 12.6 Å². The van der Waals surface area contributed by atoms with Crippen molar-refractivity contribution in [1.82, 2.24) is 0 Å². The standard InChI is InChI=1S/C26H27BClNS/c1-25(13-6-7-14-26(25,2)30)19-9-8-12-23(15-19)29(22-10-4-3-5-11-22)24-17-20(27)16-21(28)18-24/h3-5,8-12,15-18,30H,6-7,13-14H2,1-2H3. The van der Waals surface area contributed by atoms with Crippen molar-refractivity contribution in [1.29, 1.82) is 0 Å². The minimum absolute atomic E-state index is 0.0140. The van der Waals surface area contributed by atoms with Gasteiger partial charge in [-0.15, -0.1) is 0 Å². The van der Waals surface area contributed by atoms with Gasteiger partial charge in [0.1, 0.15) is 7.85 Å². The molecule has 152 valence electrons. The lowest BCUT2D eigenvalue weighted by Gasteiger charge is -2.48. The third kappa shape index (κ3) is 4.02. The van der Waals surface area contributed by atoms with Crippen molar-refractivity contribution in [3.63, 3.8) is 0 Å². The van der Waals surface area contributed by atoms with E-state index in [2.05, 4.69) is 55.1 Å². The third-order valence-electron chi connectivity index (χ3n) is 6.70. The highest BCUT2D eigenvalue weighted by molar-refractivity contribution is 7.81. The summed E-state index contributed by atoms with van der Waals surface area (Å²) in [5.74, 6) is 0. The van der Waals surface area contributed by atoms with Gasteiger partial charge in [-0.2, -0.15) is 12.6 Å². The lowest BCUT2D eigenvalue weighted by molar-refractivity contribution is 0.256. The maximum atomic E-state index is 6.36. The Morgan fingerprint density at radius 3 is 2.23 bits per heavy atom. The lowest BCUT2D eigenvalue weighted by Crippen LogP contribution is -2.45. The molecule has 0 aliphatic heterocycles. The van der Waals surface area contributed by atoms with E-state index in [1.165, 1.54) is 18.4 Å². The summed E-state index contributed by atoms with van der Waals surface area (Å²) in [5.41, 5.74) is 5.10. The molecule has 0 saturated heterocycles. The van der Waals surface area contributed by atoms with Crippen LogP contribution in [-0.2, 0) is 5.41 Å². The van der Waals surface area contributed by atoms with E-state index in [-0.39, 0.29) is 10.2 Å². The molecule has 0 N–H and O–H groups in total. The minimum atomic E-state index is -0.0397. The average molecular weight is 432 g/mol. The van der Waals surface area contributed by atoms with E-state index < -0.39 is 0 Å². The number of thiol groups is 1. The van der Waals surface area contributed by atoms with Crippen LogP contribution in [0.2, 0.25) is 5.02 Å². The van der Waals surface area contributed by atoms with Gasteiger partial charge in [0.15, 0.2) is 0 Å². The van der Waals surface area contributed by atoms with E-state index in [1.54, 1.807) is 6.07 Å². The van der Waals surface area contributed by atoms with Crippen molar-refractivity contribution >= 4 is 54.6 Å². The summed E-state index contributed by atoms with van der Waals surface area (Å²) in [5, 5.41) is 0.629. The van der Waals surface area contributed by atoms with E-state index in [9.17, 15) is 0 Å². The fraction of sp³-hybridized carbons (Fsp3) is 0.308. The number of hydrogen-bond acceptors (Lipinski definition) is 2. The molecule has 0 amide bonds. The summed E-state index contributed by atoms with van der Waals surface area (Å²) in [4.78, 5) is 2.22. The van der Waals surface area contributed by atoms with Crippen LogP contribution >= 0.6 is 24.2 Å². The molecule has 4 rings (SSSR count). The molecule has 1 fully saturated rings. The van der Waals surface area contributed by atoms with Crippen molar-refractivity contribution in [3.05, 3.63) is 83.4 Å². The number of hydrogen-bond donors (Lipinski definition) is 1.